The first-order valence-corrected chi connectivity index (χ1v) is 5.18. The van der Waals surface area contributed by atoms with Gasteiger partial charge in [-0.1, -0.05) is 6.08 Å². The molecule has 64 valence electrons. The van der Waals surface area contributed by atoms with E-state index in [4.69, 9.17) is 12.2 Å². The molecule has 1 aromatic heterocycles. The van der Waals surface area contributed by atoms with Gasteiger partial charge >= 0.3 is 0 Å². The predicted octanol–water partition coefficient (Wildman–Crippen LogP) is 2.18. The summed E-state index contributed by atoms with van der Waals surface area (Å²) < 4.78 is 0.852. The summed E-state index contributed by atoms with van der Waals surface area (Å²) in [6, 6.07) is 0.449. The largest absolute Gasteiger partial charge is 0.337 e. The molecule has 1 aromatic rings. The quantitative estimate of drug-likeness (QED) is 0.677. The molecule has 1 atom stereocenters. The van der Waals surface area contributed by atoms with Crippen LogP contribution in [0.2, 0.25) is 0 Å². The van der Waals surface area contributed by atoms with E-state index in [1.165, 1.54) is 11.3 Å². The van der Waals surface area contributed by atoms with Crippen LogP contribution in [0.15, 0.2) is 11.5 Å². The Balaban J connectivity index is 2.36. The second-order valence-electron chi connectivity index (χ2n) is 2.85. The zero-order chi connectivity index (χ0) is 8.55. The number of thiazole rings is 1. The SMILES string of the molecule is C[C@H]1NCC=C1c1csc(=S)[nH]1. The Morgan fingerprint density at radius 1 is 1.67 bits per heavy atom. The first-order valence-electron chi connectivity index (χ1n) is 3.89. The molecule has 1 aliphatic rings. The molecule has 0 aliphatic carbocycles. The van der Waals surface area contributed by atoms with Crippen LogP contribution < -0.4 is 5.32 Å². The molecule has 2 N–H and O–H groups in total. The molecule has 0 aromatic carbocycles. The van der Waals surface area contributed by atoms with E-state index in [9.17, 15) is 0 Å². The number of aromatic amines is 1. The van der Waals surface area contributed by atoms with Gasteiger partial charge in [-0.3, -0.25) is 0 Å². The second-order valence-corrected chi connectivity index (χ2v) is 4.40. The Labute approximate surface area is 80.3 Å². The fourth-order valence-electron chi connectivity index (χ4n) is 1.40. The molecule has 1 aliphatic heterocycles. The van der Waals surface area contributed by atoms with Crippen molar-refractivity contribution in [3.63, 3.8) is 0 Å². The van der Waals surface area contributed by atoms with Crippen molar-refractivity contribution in [3.05, 3.63) is 21.1 Å². The van der Waals surface area contributed by atoms with Crippen molar-refractivity contribution >= 4 is 29.1 Å². The third-order valence-corrected chi connectivity index (χ3v) is 3.10. The lowest BCUT2D eigenvalue weighted by molar-refractivity contribution is 0.735. The first-order chi connectivity index (χ1) is 5.77. The summed E-state index contributed by atoms with van der Waals surface area (Å²) in [5.74, 6) is 0. The molecule has 2 nitrogen and oxygen atoms in total. The molecular formula is C8H10N2S2. The molecule has 2 rings (SSSR count). The van der Waals surface area contributed by atoms with Crippen LogP contribution in [-0.4, -0.2) is 17.6 Å². The van der Waals surface area contributed by atoms with Crippen LogP contribution in [0.1, 0.15) is 12.6 Å². The van der Waals surface area contributed by atoms with E-state index in [1.807, 2.05) is 0 Å². The van der Waals surface area contributed by atoms with Crippen molar-refractivity contribution in [2.45, 2.75) is 13.0 Å². The number of nitrogens with one attached hydrogen (secondary N) is 2. The standard InChI is InChI=1S/C8H10N2S2/c1-5-6(2-3-9-5)7-4-12-8(11)10-7/h2,4-5,9H,3H2,1H3,(H,10,11)/t5-/m1/s1. The summed E-state index contributed by atoms with van der Waals surface area (Å²) >= 11 is 6.61. The van der Waals surface area contributed by atoms with E-state index in [0.29, 0.717) is 6.04 Å². The number of hydrogen-bond acceptors (Lipinski definition) is 3. The van der Waals surface area contributed by atoms with Gasteiger partial charge in [0, 0.05) is 18.0 Å². The minimum Gasteiger partial charge on any atom is -0.337 e. The topological polar surface area (TPSA) is 27.8 Å². The van der Waals surface area contributed by atoms with Crippen molar-refractivity contribution in [1.82, 2.24) is 10.3 Å². The van der Waals surface area contributed by atoms with Crippen LogP contribution in [-0.2, 0) is 0 Å². The summed E-state index contributed by atoms with van der Waals surface area (Å²) in [5, 5.41) is 5.42. The molecule has 0 unspecified atom stereocenters. The average Bonchev–Trinajstić information content (AvgIpc) is 2.58. The Hall–Kier alpha value is -0.450. The Kier molecular flexibility index (Phi) is 2.12. The minimum absolute atomic E-state index is 0.449. The third kappa shape index (κ3) is 1.37. The Morgan fingerprint density at radius 2 is 2.50 bits per heavy atom. The smallest absolute Gasteiger partial charge is 0.158 e. The maximum atomic E-state index is 5.02. The second kappa shape index (κ2) is 3.12. The lowest BCUT2D eigenvalue weighted by Crippen LogP contribution is -2.20. The maximum Gasteiger partial charge on any atom is 0.158 e. The molecule has 4 heteroatoms. The minimum atomic E-state index is 0.449. The molecule has 12 heavy (non-hydrogen) atoms. The fraction of sp³-hybridized carbons (Fsp3) is 0.375. The van der Waals surface area contributed by atoms with Gasteiger partial charge in [-0.15, -0.1) is 11.3 Å². The van der Waals surface area contributed by atoms with Crippen LogP contribution in [0.3, 0.4) is 0 Å². The predicted molar refractivity (Wildman–Crippen MR) is 54.9 cm³/mol. The number of H-pyrrole nitrogens is 1. The lowest BCUT2D eigenvalue weighted by Gasteiger charge is -2.06. The number of rotatable bonds is 1. The van der Waals surface area contributed by atoms with E-state index < -0.39 is 0 Å². The van der Waals surface area contributed by atoms with Crippen molar-refractivity contribution in [2.24, 2.45) is 0 Å². The third-order valence-electron chi connectivity index (χ3n) is 2.04. The van der Waals surface area contributed by atoms with Crippen LogP contribution in [0.25, 0.3) is 5.57 Å². The molecule has 0 bridgehead atoms. The summed E-state index contributed by atoms with van der Waals surface area (Å²) in [5.41, 5.74) is 2.50. The molecule has 0 saturated heterocycles. The van der Waals surface area contributed by atoms with E-state index in [2.05, 4.69) is 28.7 Å². The van der Waals surface area contributed by atoms with Crippen molar-refractivity contribution in [2.75, 3.05) is 6.54 Å². The monoisotopic (exact) mass is 198 g/mol. The van der Waals surface area contributed by atoms with Crippen LogP contribution in [0, 0.1) is 3.95 Å². The van der Waals surface area contributed by atoms with Crippen LogP contribution in [0.4, 0.5) is 0 Å². The van der Waals surface area contributed by atoms with Gasteiger partial charge in [0.15, 0.2) is 3.95 Å². The lowest BCUT2D eigenvalue weighted by atomic mass is 10.1. The Morgan fingerprint density at radius 3 is 3.00 bits per heavy atom. The first kappa shape index (κ1) is 8.16. The van der Waals surface area contributed by atoms with Crippen LogP contribution in [0.5, 0.6) is 0 Å². The molecule has 0 radical (unpaired) electrons. The van der Waals surface area contributed by atoms with E-state index in [0.717, 1.165) is 10.5 Å². The maximum absolute atomic E-state index is 5.02. The van der Waals surface area contributed by atoms with Crippen LogP contribution >= 0.6 is 23.6 Å². The highest BCUT2D eigenvalue weighted by Gasteiger charge is 2.15. The van der Waals surface area contributed by atoms with E-state index in [1.54, 1.807) is 11.3 Å². The van der Waals surface area contributed by atoms with Gasteiger partial charge in [-0.2, -0.15) is 0 Å². The van der Waals surface area contributed by atoms with E-state index in [-0.39, 0.29) is 0 Å². The molecular weight excluding hydrogens is 188 g/mol. The van der Waals surface area contributed by atoms with Crippen molar-refractivity contribution < 1.29 is 0 Å². The summed E-state index contributed by atoms with van der Waals surface area (Å²) in [6.07, 6.45) is 2.21. The molecule has 0 saturated carbocycles. The highest BCUT2D eigenvalue weighted by atomic mass is 32.1. The van der Waals surface area contributed by atoms with Crippen molar-refractivity contribution in [3.8, 4) is 0 Å². The summed E-state index contributed by atoms with van der Waals surface area (Å²) in [6.45, 7) is 3.13. The van der Waals surface area contributed by atoms with Gasteiger partial charge in [0.2, 0.25) is 0 Å². The normalized spacial score (nSPS) is 22.8. The average molecular weight is 198 g/mol. The molecule has 0 fully saturated rings. The van der Waals surface area contributed by atoms with Crippen molar-refractivity contribution in [1.29, 1.82) is 0 Å². The highest BCUT2D eigenvalue weighted by Crippen LogP contribution is 2.21. The fourth-order valence-corrected chi connectivity index (χ4v) is 2.24. The van der Waals surface area contributed by atoms with E-state index >= 15 is 0 Å². The Bertz CT molecular complexity index is 361. The summed E-state index contributed by atoms with van der Waals surface area (Å²) in [4.78, 5) is 3.17. The van der Waals surface area contributed by atoms with Gasteiger partial charge in [0.05, 0.1) is 5.69 Å². The van der Waals surface area contributed by atoms with Gasteiger partial charge in [0.1, 0.15) is 0 Å². The molecule has 0 amide bonds. The van der Waals surface area contributed by atoms with Gasteiger partial charge in [-0.25, -0.2) is 0 Å². The number of hydrogen-bond donors (Lipinski definition) is 2. The van der Waals surface area contributed by atoms with Gasteiger partial charge in [-0.05, 0) is 24.7 Å². The zero-order valence-electron chi connectivity index (χ0n) is 6.76. The molecule has 2 heterocycles. The van der Waals surface area contributed by atoms with Gasteiger partial charge < -0.3 is 10.3 Å². The highest BCUT2D eigenvalue weighted by molar-refractivity contribution is 7.73. The zero-order valence-corrected chi connectivity index (χ0v) is 8.39. The van der Waals surface area contributed by atoms with Gasteiger partial charge in [0.25, 0.3) is 0 Å². The molecule has 0 spiro atoms. The summed E-state index contributed by atoms with van der Waals surface area (Å²) in [7, 11) is 0. The number of aromatic nitrogens is 1.